The van der Waals surface area contributed by atoms with Crippen LogP contribution in [0.4, 0.5) is 0 Å². The van der Waals surface area contributed by atoms with Crippen molar-refractivity contribution in [2.45, 2.75) is 38.5 Å². The second kappa shape index (κ2) is 5.47. The van der Waals surface area contributed by atoms with E-state index >= 15 is 0 Å². The summed E-state index contributed by atoms with van der Waals surface area (Å²) in [4.78, 5) is 0. The Morgan fingerprint density at radius 1 is 1.30 bits per heavy atom. The molecule has 0 radical (unpaired) electrons. The first kappa shape index (κ1) is 15.2. The molecule has 2 aromatic rings. The molecule has 0 unspecified atom stereocenters. The zero-order chi connectivity index (χ0) is 16.6. The lowest BCUT2D eigenvalue weighted by Crippen LogP contribution is -2.24. The van der Waals surface area contributed by atoms with Gasteiger partial charge in [0.2, 0.25) is 11.8 Å². The summed E-state index contributed by atoms with van der Waals surface area (Å²) >= 11 is 0. The summed E-state index contributed by atoms with van der Waals surface area (Å²) in [6.45, 7) is 6.32. The molecule has 1 aromatic heterocycles. The van der Waals surface area contributed by atoms with E-state index in [2.05, 4.69) is 49.2 Å². The van der Waals surface area contributed by atoms with Crippen molar-refractivity contribution in [3.63, 3.8) is 0 Å². The second-order valence-corrected chi connectivity index (χ2v) is 6.80. The molecule has 5 heteroatoms. The molecule has 1 aliphatic heterocycles. The molecule has 1 atom stereocenters. The topological polar surface area (TPSA) is 87.7 Å². The Labute approximate surface area is 135 Å². The number of nitrogens with two attached hydrogens (primary N) is 1. The number of nitrogens with one attached hydrogen (secondary N) is 1. The molecule has 118 valence electrons. The Bertz CT molecular complexity index is 791. The number of hydrogen-bond acceptors (Lipinski definition) is 4. The van der Waals surface area contributed by atoms with Crippen molar-refractivity contribution < 1.29 is 4.74 Å². The highest BCUT2D eigenvalue weighted by molar-refractivity contribution is 5.51. The number of nitriles is 1. The third kappa shape index (κ3) is 2.68. The monoisotopic (exact) mass is 308 g/mol. The van der Waals surface area contributed by atoms with Crippen LogP contribution in [0.25, 0.3) is 0 Å². The molecule has 5 nitrogen and oxygen atoms in total. The van der Waals surface area contributed by atoms with Gasteiger partial charge in [-0.05, 0) is 12.0 Å². The van der Waals surface area contributed by atoms with Gasteiger partial charge in [0.15, 0.2) is 0 Å². The fourth-order valence-corrected chi connectivity index (χ4v) is 2.97. The van der Waals surface area contributed by atoms with Crippen molar-refractivity contribution in [2.24, 2.45) is 5.73 Å². The van der Waals surface area contributed by atoms with Gasteiger partial charge in [-0.2, -0.15) is 5.26 Å². The van der Waals surface area contributed by atoms with Crippen LogP contribution in [0.2, 0.25) is 0 Å². The van der Waals surface area contributed by atoms with Crippen LogP contribution >= 0.6 is 0 Å². The SMILES string of the molecule is CC(C)(C)c1[nH]nc2c1[C@@H](Cc1ccccc1)C(C#N)=C(N)O2. The standard InChI is InChI=1S/C18H20N4O/c1-18(2,3)15-14-12(9-11-7-5-4-6-8-11)13(10-19)16(20)23-17(14)22-21-15/h4-8,12H,9,20H2,1-3H3,(H,21,22)/t12-/m0/s1. The van der Waals surface area contributed by atoms with Crippen molar-refractivity contribution in [2.75, 3.05) is 0 Å². The minimum atomic E-state index is -0.154. The highest BCUT2D eigenvalue weighted by atomic mass is 16.5. The number of H-pyrrole nitrogens is 1. The summed E-state index contributed by atoms with van der Waals surface area (Å²) in [5.74, 6) is 0.472. The number of rotatable bonds is 2. The third-order valence-electron chi connectivity index (χ3n) is 4.09. The zero-order valence-corrected chi connectivity index (χ0v) is 13.6. The Hall–Kier alpha value is -2.74. The predicted molar refractivity (Wildman–Crippen MR) is 87.6 cm³/mol. The van der Waals surface area contributed by atoms with Gasteiger partial charge in [0.1, 0.15) is 6.07 Å². The third-order valence-corrected chi connectivity index (χ3v) is 4.09. The van der Waals surface area contributed by atoms with Crippen molar-refractivity contribution in [1.82, 2.24) is 10.2 Å². The normalized spacial score (nSPS) is 17.4. The molecule has 0 spiro atoms. The quantitative estimate of drug-likeness (QED) is 0.892. The Morgan fingerprint density at radius 2 is 2.00 bits per heavy atom. The van der Waals surface area contributed by atoms with E-state index < -0.39 is 0 Å². The highest BCUT2D eigenvalue weighted by Gasteiger charge is 2.36. The van der Waals surface area contributed by atoms with E-state index in [0.29, 0.717) is 17.9 Å². The van der Waals surface area contributed by atoms with E-state index in [1.54, 1.807) is 0 Å². The molecule has 0 saturated heterocycles. The maximum atomic E-state index is 9.57. The van der Waals surface area contributed by atoms with Gasteiger partial charge < -0.3 is 10.5 Å². The number of benzene rings is 1. The number of fused-ring (bicyclic) bond motifs is 1. The van der Waals surface area contributed by atoms with Gasteiger partial charge in [-0.3, -0.25) is 5.10 Å². The van der Waals surface area contributed by atoms with E-state index in [9.17, 15) is 5.26 Å². The lowest BCUT2D eigenvalue weighted by molar-refractivity contribution is 0.373. The number of aromatic amines is 1. The lowest BCUT2D eigenvalue weighted by atomic mass is 9.79. The van der Waals surface area contributed by atoms with Crippen LogP contribution in [-0.2, 0) is 11.8 Å². The van der Waals surface area contributed by atoms with Gasteiger partial charge in [0.05, 0.1) is 5.57 Å². The summed E-state index contributed by atoms with van der Waals surface area (Å²) in [5.41, 5.74) is 9.34. The van der Waals surface area contributed by atoms with Crippen molar-refractivity contribution >= 4 is 0 Å². The number of nitrogens with zero attached hydrogens (tertiary/aromatic N) is 2. The summed E-state index contributed by atoms with van der Waals surface area (Å²) in [5, 5.41) is 16.9. The molecular weight excluding hydrogens is 288 g/mol. The van der Waals surface area contributed by atoms with Crippen molar-refractivity contribution in [1.29, 1.82) is 5.26 Å². The Morgan fingerprint density at radius 3 is 2.61 bits per heavy atom. The Balaban J connectivity index is 2.12. The van der Waals surface area contributed by atoms with Gasteiger partial charge in [-0.1, -0.05) is 51.1 Å². The molecule has 3 N–H and O–H groups in total. The van der Waals surface area contributed by atoms with E-state index in [4.69, 9.17) is 10.5 Å². The summed E-state index contributed by atoms with van der Waals surface area (Å²) in [7, 11) is 0. The zero-order valence-electron chi connectivity index (χ0n) is 13.6. The first-order chi connectivity index (χ1) is 10.9. The minimum absolute atomic E-state index is 0.133. The van der Waals surface area contributed by atoms with Gasteiger partial charge in [-0.15, -0.1) is 5.10 Å². The number of ether oxygens (including phenoxy) is 1. The van der Waals surface area contributed by atoms with Crippen molar-refractivity contribution in [3.05, 3.63) is 58.6 Å². The molecule has 0 amide bonds. The second-order valence-electron chi connectivity index (χ2n) is 6.80. The average Bonchev–Trinajstić information content (AvgIpc) is 2.92. The van der Waals surface area contributed by atoms with Crippen LogP contribution in [0, 0.1) is 11.3 Å². The van der Waals surface area contributed by atoms with E-state index in [1.165, 1.54) is 0 Å². The van der Waals surface area contributed by atoms with Crippen LogP contribution in [-0.4, -0.2) is 10.2 Å². The number of hydrogen-bond donors (Lipinski definition) is 2. The van der Waals surface area contributed by atoms with Crippen LogP contribution in [0.3, 0.4) is 0 Å². The number of allylic oxidation sites excluding steroid dienone is 1. The molecule has 0 aliphatic carbocycles. The average molecular weight is 308 g/mol. The van der Waals surface area contributed by atoms with Crippen LogP contribution in [0.5, 0.6) is 5.88 Å². The van der Waals surface area contributed by atoms with E-state index in [-0.39, 0.29) is 17.2 Å². The summed E-state index contributed by atoms with van der Waals surface area (Å²) < 4.78 is 5.57. The van der Waals surface area contributed by atoms with Gasteiger partial charge >= 0.3 is 0 Å². The molecule has 0 fully saturated rings. The predicted octanol–water partition coefficient (Wildman–Crippen LogP) is 3.12. The van der Waals surface area contributed by atoms with Gasteiger partial charge in [0.25, 0.3) is 0 Å². The first-order valence-electron chi connectivity index (χ1n) is 7.62. The fourth-order valence-electron chi connectivity index (χ4n) is 2.97. The van der Waals surface area contributed by atoms with Crippen LogP contribution in [0.1, 0.15) is 43.5 Å². The molecule has 1 aliphatic rings. The first-order valence-corrected chi connectivity index (χ1v) is 7.62. The largest absolute Gasteiger partial charge is 0.420 e. The smallest absolute Gasteiger partial charge is 0.243 e. The summed E-state index contributed by atoms with van der Waals surface area (Å²) in [6.07, 6.45) is 0.684. The van der Waals surface area contributed by atoms with Gasteiger partial charge in [0, 0.05) is 22.6 Å². The highest BCUT2D eigenvalue weighted by Crippen LogP contribution is 2.43. The molecule has 1 aromatic carbocycles. The maximum Gasteiger partial charge on any atom is 0.243 e. The fraction of sp³-hybridized carbons (Fsp3) is 0.333. The molecule has 2 heterocycles. The Kier molecular flexibility index (Phi) is 3.61. The van der Waals surface area contributed by atoms with Crippen LogP contribution < -0.4 is 10.5 Å². The molecule has 3 rings (SSSR count). The number of aromatic nitrogens is 2. The minimum Gasteiger partial charge on any atom is -0.420 e. The maximum absolute atomic E-state index is 9.57. The van der Waals surface area contributed by atoms with E-state index in [0.717, 1.165) is 16.8 Å². The molecule has 0 bridgehead atoms. The lowest BCUT2D eigenvalue weighted by Gasteiger charge is -2.27. The van der Waals surface area contributed by atoms with E-state index in [1.807, 2.05) is 18.2 Å². The summed E-state index contributed by atoms with van der Waals surface area (Å²) in [6, 6.07) is 12.3. The van der Waals surface area contributed by atoms with Gasteiger partial charge in [-0.25, -0.2) is 0 Å². The molecule has 0 saturated carbocycles. The molecular formula is C18H20N4O. The molecule has 23 heavy (non-hydrogen) atoms. The van der Waals surface area contributed by atoms with Crippen LogP contribution in [0.15, 0.2) is 41.8 Å². The van der Waals surface area contributed by atoms with Crippen molar-refractivity contribution in [3.8, 4) is 11.9 Å².